The smallest absolute Gasteiger partial charge is 0.414 e. The lowest BCUT2D eigenvalue weighted by atomic mass is 10.00. The molecule has 40 heavy (non-hydrogen) atoms. The predicted molar refractivity (Wildman–Crippen MR) is 160 cm³/mol. The van der Waals surface area contributed by atoms with Crippen molar-refractivity contribution in [2.75, 3.05) is 31.6 Å². The summed E-state index contributed by atoms with van der Waals surface area (Å²) in [6, 6.07) is 7.73. The molecule has 1 aliphatic rings. The lowest BCUT2D eigenvalue weighted by Crippen LogP contribution is -2.43. The quantitative estimate of drug-likeness (QED) is 0.260. The van der Waals surface area contributed by atoms with E-state index in [1.165, 1.54) is 10.5 Å². The van der Waals surface area contributed by atoms with Gasteiger partial charge in [-0.2, -0.15) is 0 Å². The fourth-order valence-electron chi connectivity index (χ4n) is 3.59. The van der Waals surface area contributed by atoms with E-state index in [9.17, 15) is 19.2 Å². The van der Waals surface area contributed by atoms with Gasteiger partial charge in [0.2, 0.25) is 12.3 Å². The Morgan fingerprint density at radius 1 is 1.10 bits per heavy atom. The molecule has 1 atom stereocenters. The summed E-state index contributed by atoms with van der Waals surface area (Å²) in [7, 11) is 1.65. The Kier molecular flexibility index (Phi) is 16.6. The highest BCUT2D eigenvalue weighted by Crippen LogP contribution is 2.28. The van der Waals surface area contributed by atoms with Gasteiger partial charge >= 0.3 is 12.1 Å². The largest absolute Gasteiger partial charge is 0.463 e. The molecule has 0 aliphatic carbocycles. The van der Waals surface area contributed by atoms with E-state index >= 15 is 0 Å². The second-order valence-electron chi connectivity index (χ2n) is 11.6. The predicted octanol–water partition coefficient (Wildman–Crippen LogP) is 5.37. The Labute approximate surface area is 241 Å². The molecule has 9 heteroatoms. The fraction of sp³-hybridized carbons (Fsp3) is 0.613. The van der Waals surface area contributed by atoms with Gasteiger partial charge in [-0.3, -0.25) is 14.5 Å². The lowest BCUT2D eigenvalue weighted by Gasteiger charge is -2.29. The van der Waals surface area contributed by atoms with Crippen LogP contribution in [0.15, 0.2) is 35.9 Å². The van der Waals surface area contributed by atoms with E-state index in [0.29, 0.717) is 25.1 Å². The Hall–Kier alpha value is -3.36. The molecule has 2 rings (SSSR count). The van der Waals surface area contributed by atoms with Crippen molar-refractivity contribution >= 4 is 30.1 Å². The molecule has 0 radical (unpaired) electrons. The molecule has 0 saturated carbocycles. The first-order valence-corrected chi connectivity index (χ1v) is 13.9. The van der Waals surface area contributed by atoms with Crippen LogP contribution in [-0.2, 0) is 30.3 Å². The Balaban J connectivity index is 0.000000679. The van der Waals surface area contributed by atoms with Gasteiger partial charge in [-0.05, 0) is 64.5 Å². The van der Waals surface area contributed by atoms with E-state index in [-0.39, 0.29) is 36.5 Å². The number of para-hydroxylation sites is 1. The maximum atomic E-state index is 11.9. The second kappa shape index (κ2) is 18.1. The van der Waals surface area contributed by atoms with Gasteiger partial charge in [-0.15, -0.1) is 0 Å². The zero-order valence-electron chi connectivity index (χ0n) is 26.4. The molecule has 1 aromatic rings. The number of carbonyl (C=O) groups is 4. The molecule has 0 aromatic heterocycles. The summed E-state index contributed by atoms with van der Waals surface area (Å²) in [5.74, 6) is 0.360. The molecule has 1 N–H and O–H groups in total. The summed E-state index contributed by atoms with van der Waals surface area (Å²) < 4.78 is 10.3. The summed E-state index contributed by atoms with van der Waals surface area (Å²) in [4.78, 5) is 48.9. The van der Waals surface area contributed by atoms with Crippen molar-refractivity contribution in [3.8, 4) is 0 Å². The van der Waals surface area contributed by atoms with Crippen LogP contribution < -0.4 is 10.2 Å². The Bertz CT molecular complexity index is 979. The molecule has 1 aromatic carbocycles. The topological polar surface area (TPSA) is 105 Å². The summed E-state index contributed by atoms with van der Waals surface area (Å²) in [6.45, 7) is 20.4. The molecule has 0 fully saturated rings. The highest BCUT2D eigenvalue weighted by atomic mass is 16.6. The zero-order valence-corrected chi connectivity index (χ0v) is 26.4. The summed E-state index contributed by atoms with van der Waals surface area (Å²) in [5.41, 5.74) is 2.23. The van der Waals surface area contributed by atoms with Crippen molar-refractivity contribution in [3.63, 3.8) is 0 Å². The van der Waals surface area contributed by atoms with Crippen molar-refractivity contribution in [2.45, 2.75) is 87.3 Å². The average Bonchev–Trinajstić information content (AvgIpc) is 3.28. The monoisotopic (exact) mass is 561 g/mol. The molecule has 0 unspecified atom stereocenters. The van der Waals surface area contributed by atoms with Crippen molar-refractivity contribution in [1.29, 1.82) is 0 Å². The number of hydrogen-bond acceptors (Lipinski definition) is 6. The fourth-order valence-corrected chi connectivity index (χ4v) is 3.59. The van der Waals surface area contributed by atoms with Crippen molar-refractivity contribution in [1.82, 2.24) is 10.2 Å². The summed E-state index contributed by atoms with van der Waals surface area (Å²) in [5, 5.41) is 2.34. The van der Waals surface area contributed by atoms with Crippen LogP contribution in [0.3, 0.4) is 0 Å². The number of anilines is 1. The number of amides is 3. The second-order valence-corrected chi connectivity index (χ2v) is 11.6. The van der Waals surface area contributed by atoms with Gasteiger partial charge in [0.1, 0.15) is 5.60 Å². The van der Waals surface area contributed by atoms with Crippen molar-refractivity contribution < 1.29 is 28.7 Å². The SMILES string of the molecule is CC(C)(C)OC(=O)N1CCc2ccccc21.CC(C)C.CCOC(=O)/C(C)=C/[C@H](C(C)C)N(C)C(=O)CNC=O. The molecule has 1 heterocycles. The number of hydrogen-bond donors (Lipinski definition) is 1. The zero-order chi connectivity index (χ0) is 31.0. The normalized spacial score (nSPS) is 13.2. The van der Waals surface area contributed by atoms with E-state index in [0.717, 1.165) is 18.0 Å². The summed E-state index contributed by atoms with van der Waals surface area (Å²) >= 11 is 0. The van der Waals surface area contributed by atoms with Crippen LogP contribution in [-0.4, -0.2) is 67.7 Å². The van der Waals surface area contributed by atoms with Crippen LogP contribution in [0.25, 0.3) is 0 Å². The van der Waals surface area contributed by atoms with E-state index in [2.05, 4.69) is 32.2 Å². The van der Waals surface area contributed by atoms with Crippen LogP contribution in [0.2, 0.25) is 0 Å². The number of carbonyl (C=O) groups excluding carboxylic acids is 4. The van der Waals surface area contributed by atoms with Gasteiger partial charge in [-0.1, -0.05) is 58.9 Å². The molecular weight excluding hydrogens is 510 g/mol. The first kappa shape index (κ1) is 36.6. The maximum Gasteiger partial charge on any atom is 0.414 e. The number of rotatable bonds is 8. The molecule has 0 saturated heterocycles. The number of likely N-dealkylation sites (N-methyl/N-ethyl adjacent to an activating group) is 1. The van der Waals surface area contributed by atoms with E-state index < -0.39 is 5.60 Å². The molecule has 226 valence electrons. The van der Waals surface area contributed by atoms with Crippen LogP contribution in [0.1, 0.15) is 74.8 Å². The van der Waals surface area contributed by atoms with Gasteiger partial charge in [-0.25, -0.2) is 9.59 Å². The number of nitrogens with zero attached hydrogens (tertiary/aromatic N) is 2. The van der Waals surface area contributed by atoms with Crippen LogP contribution in [0.5, 0.6) is 0 Å². The number of fused-ring (bicyclic) bond motifs is 1. The minimum Gasteiger partial charge on any atom is -0.463 e. The molecule has 1 aliphatic heterocycles. The van der Waals surface area contributed by atoms with Gasteiger partial charge in [0.25, 0.3) is 0 Å². The van der Waals surface area contributed by atoms with E-state index in [1.807, 2.05) is 52.8 Å². The molecule has 0 bridgehead atoms. The van der Waals surface area contributed by atoms with Gasteiger partial charge in [0, 0.05) is 19.2 Å². The van der Waals surface area contributed by atoms with Gasteiger partial charge in [0.15, 0.2) is 0 Å². The third-order valence-electron chi connectivity index (χ3n) is 5.38. The standard InChI is InChI=1S/C14H24N2O4.C13H17NO2.C4H10/c1-6-20-14(19)11(4)7-12(10(2)3)16(5)13(18)8-15-9-17;1-13(2,3)16-12(15)14-9-8-10-6-4-5-7-11(10)14;1-4(2)3/h7,9-10,12H,6,8H2,1-5H3,(H,15,17);4-7H,8-9H2,1-3H3;4H,1-3H3/b11-7+;;/t12-;;/m1../s1. The Morgan fingerprint density at radius 2 is 1.68 bits per heavy atom. The molecule has 9 nitrogen and oxygen atoms in total. The van der Waals surface area contributed by atoms with Gasteiger partial charge in [0.05, 0.1) is 24.9 Å². The van der Waals surface area contributed by atoms with E-state index in [1.54, 1.807) is 31.9 Å². The highest BCUT2D eigenvalue weighted by Gasteiger charge is 2.28. The first-order valence-electron chi connectivity index (χ1n) is 13.9. The van der Waals surface area contributed by atoms with Crippen LogP contribution >= 0.6 is 0 Å². The minimum atomic E-state index is -0.436. The number of benzene rings is 1. The minimum absolute atomic E-state index is 0.0600. The van der Waals surface area contributed by atoms with E-state index in [4.69, 9.17) is 9.47 Å². The van der Waals surface area contributed by atoms with Gasteiger partial charge < -0.3 is 19.7 Å². The number of esters is 1. The molecule has 0 spiro atoms. The average molecular weight is 562 g/mol. The number of ether oxygens (including phenoxy) is 2. The third kappa shape index (κ3) is 14.1. The molecular formula is C31H51N3O6. The first-order chi connectivity index (χ1) is 18.5. The van der Waals surface area contributed by atoms with Crippen molar-refractivity contribution in [3.05, 3.63) is 41.5 Å². The molecule has 3 amide bonds. The number of nitrogens with one attached hydrogen (secondary N) is 1. The highest BCUT2D eigenvalue weighted by molar-refractivity contribution is 5.90. The lowest BCUT2D eigenvalue weighted by molar-refractivity contribution is -0.138. The van der Waals surface area contributed by atoms with Crippen molar-refractivity contribution in [2.24, 2.45) is 11.8 Å². The maximum absolute atomic E-state index is 11.9. The van der Waals surface area contributed by atoms with Crippen LogP contribution in [0.4, 0.5) is 10.5 Å². The van der Waals surface area contributed by atoms with Crippen LogP contribution in [0, 0.1) is 11.8 Å². The third-order valence-corrected chi connectivity index (χ3v) is 5.38. The Morgan fingerprint density at radius 3 is 2.17 bits per heavy atom. The summed E-state index contributed by atoms with van der Waals surface area (Å²) in [6.07, 6.45) is 2.87.